The summed E-state index contributed by atoms with van der Waals surface area (Å²) in [5.41, 5.74) is 0.604. The predicted octanol–water partition coefficient (Wildman–Crippen LogP) is 2.42. The molecule has 0 saturated heterocycles. The lowest BCUT2D eigenvalue weighted by molar-refractivity contribution is -0.137. The van der Waals surface area contributed by atoms with Crippen LogP contribution in [0.1, 0.15) is 23.2 Å². The Balaban J connectivity index is 2.12. The number of carbonyl (C=O) groups excluding carboxylic acids is 2. The summed E-state index contributed by atoms with van der Waals surface area (Å²) in [6, 6.07) is 6.86. The number of ether oxygens (including phenoxy) is 4. The molecule has 0 fully saturated rings. The van der Waals surface area contributed by atoms with Crippen LogP contribution < -0.4 is 4.74 Å². The lowest BCUT2D eigenvalue weighted by Crippen LogP contribution is -2.26. The largest absolute Gasteiger partial charge is 0.491 e. The summed E-state index contributed by atoms with van der Waals surface area (Å²) in [6.07, 6.45) is 3.26. The maximum atomic E-state index is 10.8. The fourth-order valence-corrected chi connectivity index (χ4v) is 1.77. The van der Waals surface area contributed by atoms with Crippen LogP contribution in [0.3, 0.4) is 0 Å². The zero-order chi connectivity index (χ0) is 17.6. The molecule has 0 spiro atoms. The fraction of sp³-hybridized carbons (Fsp3) is 0.444. The predicted molar refractivity (Wildman–Crippen MR) is 89.3 cm³/mol. The van der Waals surface area contributed by atoms with E-state index in [0.717, 1.165) is 25.2 Å². The standard InChI is InChI=1S/C18H24O6/c1-3-18(20)23-11-5-4-10-22-13-17(21-2)14-24-16-8-6-15(12-19)7-9-16/h3,6-9,12,17H,1,4-5,10-11,13-14H2,2H3. The van der Waals surface area contributed by atoms with Crippen molar-refractivity contribution in [2.24, 2.45) is 0 Å². The molecule has 0 aromatic heterocycles. The first kappa shape index (κ1) is 19.9. The molecule has 1 rings (SSSR count). The summed E-state index contributed by atoms with van der Waals surface area (Å²) >= 11 is 0. The molecule has 0 aliphatic rings. The van der Waals surface area contributed by atoms with E-state index in [2.05, 4.69) is 6.58 Å². The minimum atomic E-state index is -0.409. The Morgan fingerprint density at radius 1 is 1.17 bits per heavy atom. The van der Waals surface area contributed by atoms with Gasteiger partial charge in [-0.05, 0) is 37.1 Å². The summed E-state index contributed by atoms with van der Waals surface area (Å²) in [6.45, 7) is 5.01. The smallest absolute Gasteiger partial charge is 0.330 e. The van der Waals surface area contributed by atoms with Crippen LogP contribution in [-0.4, -0.2) is 51.9 Å². The van der Waals surface area contributed by atoms with Crippen LogP contribution in [0.4, 0.5) is 0 Å². The fourth-order valence-electron chi connectivity index (χ4n) is 1.77. The van der Waals surface area contributed by atoms with Crippen molar-refractivity contribution in [2.45, 2.75) is 18.9 Å². The van der Waals surface area contributed by atoms with Gasteiger partial charge in [0, 0.05) is 25.4 Å². The summed E-state index contributed by atoms with van der Waals surface area (Å²) < 4.78 is 21.3. The highest BCUT2D eigenvalue weighted by atomic mass is 16.6. The third-order valence-corrected chi connectivity index (χ3v) is 3.18. The Kier molecular flexibility index (Phi) is 10.2. The molecule has 0 aliphatic heterocycles. The molecule has 0 saturated carbocycles. The molecule has 0 N–H and O–H groups in total. The van der Waals surface area contributed by atoms with Crippen molar-refractivity contribution in [2.75, 3.05) is 33.5 Å². The molecule has 6 heteroatoms. The number of esters is 1. The average molecular weight is 336 g/mol. The van der Waals surface area contributed by atoms with Gasteiger partial charge in [-0.2, -0.15) is 0 Å². The molecule has 0 radical (unpaired) electrons. The number of carbonyl (C=O) groups is 2. The normalized spacial score (nSPS) is 11.5. The molecule has 0 amide bonds. The van der Waals surface area contributed by atoms with E-state index in [4.69, 9.17) is 18.9 Å². The second-order valence-electron chi connectivity index (χ2n) is 5.01. The first-order chi connectivity index (χ1) is 11.7. The second kappa shape index (κ2) is 12.3. The molecule has 6 nitrogen and oxygen atoms in total. The second-order valence-corrected chi connectivity index (χ2v) is 5.01. The van der Waals surface area contributed by atoms with Crippen LogP contribution in [0, 0.1) is 0 Å². The highest BCUT2D eigenvalue weighted by Gasteiger charge is 2.09. The minimum absolute atomic E-state index is 0.186. The van der Waals surface area contributed by atoms with Gasteiger partial charge >= 0.3 is 5.97 Å². The van der Waals surface area contributed by atoms with Gasteiger partial charge in [-0.15, -0.1) is 0 Å². The van der Waals surface area contributed by atoms with Crippen molar-refractivity contribution in [1.82, 2.24) is 0 Å². The van der Waals surface area contributed by atoms with E-state index in [1.54, 1.807) is 31.4 Å². The number of rotatable bonds is 13. The van der Waals surface area contributed by atoms with Crippen LogP contribution in [0.15, 0.2) is 36.9 Å². The number of methoxy groups -OCH3 is 1. The molecule has 0 aliphatic carbocycles. The van der Waals surface area contributed by atoms with Crippen molar-refractivity contribution in [1.29, 1.82) is 0 Å². The third kappa shape index (κ3) is 8.45. The number of aldehydes is 1. The van der Waals surface area contributed by atoms with E-state index in [0.29, 0.717) is 37.7 Å². The minimum Gasteiger partial charge on any atom is -0.491 e. The first-order valence-corrected chi connectivity index (χ1v) is 7.77. The van der Waals surface area contributed by atoms with E-state index >= 15 is 0 Å². The van der Waals surface area contributed by atoms with Crippen LogP contribution in [0.2, 0.25) is 0 Å². The highest BCUT2D eigenvalue weighted by molar-refractivity contribution is 5.81. The van der Waals surface area contributed by atoms with Crippen LogP contribution in [0.25, 0.3) is 0 Å². The molecular formula is C18H24O6. The maximum Gasteiger partial charge on any atom is 0.330 e. The Hall–Kier alpha value is -2.18. The van der Waals surface area contributed by atoms with Gasteiger partial charge < -0.3 is 18.9 Å². The van der Waals surface area contributed by atoms with E-state index in [1.165, 1.54) is 0 Å². The summed E-state index contributed by atoms with van der Waals surface area (Å²) in [5, 5.41) is 0. The van der Waals surface area contributed by atoms with E-state index in [-0.39, 0.29) is 6.10 Å². The summed E-state index contributed by atoms with van der Waals surface area (Å²) in [4.78, 5) is 21.4. The van der Waals surface area contributed by atoms with Crippen molar-refractivity contribution in [3.8, 4) is 5.75 Å². The third-order valence-electron chi connectivity index (χ3n) is 3.18. The summed E-state index contributed by atoms with van der Waals surface area (Å²) in [5.74, 6) is 0.264. The van der Waals surface area contributed by atoms with Gasteiger partial charge in [0.15, 0.2) is 0 Å². The van der Waals surface area contributed by atoms with Crippen molar-refractivity contribution in [3.63, 3.8) is 0 Å². The molecule has 1 atom stereocenters. The topological polar surface area (TPSA) is 71.1 Å². The van der Waals surface area contributed by atoms with Crippen molar-refractivity contribution >= 4 is 12.3 Å². The van der Waals surface area contributed by atoms with E-state index < -0.39 is 5.97 Å². The SMILES string of the molecule is C=CC(=O)OCCCCOCC(COc1ccc(C=O)cc1)OC. The lowest BCUT2D eigenvalue weighted by Gasteiger charge is -2.16. The van der Waals surface area contributed by atoms with Crippen LogP contribution in [-0.2, 0) is 19.0 Å². The number of hydrogen-bond donors (Lipinski definition) is 0. The quantitative estimate of drug-likeness (QED) is 0.238. The Bertz CT molecular complexity index is 497. The molecule has 0 heterocycles. The van der Waals surface area contributed by atoms with Crippen molar-refractivity contribution in [3.05, 3.63) is 42.5 Å². The monoisotopic (exact) mass is 336 g/mol. The van der Waals surface area contributed by atoms with Gasteiger partial charge in [-0.1, -0.05) is 6.58 Å². The van der Waals surface area contributed by atoms with Gasteiger partial charge in [-0.25, -0.2) is 4.79 Å². The number of benzene rings is 1. The van der Waals surface area contributed by atoms with Crippen LogP contribution in [0.5, 0.6) is 5.75 Å². The average Bonchev–Trinajstić information content (AvgIpc) is 2.63. The van der Waals surface area contributed by atoms with Gasteiger partial charge in [0.05, 0.1) is 13.2 Å². The van der Waals surface area contributed by atoms with Gasteiger partial charge in [-0.3, -0.25) is 4.79 Å². The Morgan fingerprint density at radius 2 is 1.88 bits per heavy atom. The van der Waals surface area contributed by atoms with Gasteiger partial charge in [0.1, 0.15) is 24.7 Å². The highest BCUT2D eigenvalue weighted by Crippen LogP contribution is 2.11. The summed E-state index contributed by atoms with van der Waals surface area (Å²) in [7, 11) is 1.60. The van der Waals surface area contributed by atoms with E-state index in [9.17, 15) is 9.59 Å². The van der Waals surface area contributed by atoms with Gasteiger partial charge in [0.25, 0.3) is 0 Å². The molecular weight excluding hydrogens is 312 g/mol. The zero-order valence-corrected chi connectivity index (χ0v) is 13.9. The number of unbranched alkanes of at least 4 members (excludes halogenated alkanes) is 1. The van der Waals surface area contributed by atoms with Crippen LogP contribution >= 0.6 is 0 Å². The molecule has 24 heavy (non-hydrogen) atoms. The maximum absolute atomic E-state index is 10.8. The molecule has 1 aromatic rings. The van der Waals surface area contributed by atoms with E-state index in [1.807, 2.05) is 0 Å². The molecule has 1 aromatic carbocycles. The zero-order valence-electron chi connectivity index (χ0n) is 13.9. The first-order valence-electron chi connectivity index (χ1n) is 7.77. The Morgan fingerprint density at radius 3 is 2.50 bits per heavy atom. The van der Waals surface area contributed by atoms with Gasteiger partial charge in [0.2, 0.25) is 0 Å². The lowest BCUT2D eigenvalue weighted by atomic mass is 10.2. The molecule has 0 bridgehead atoms. The van der Waals surface area contributed by atoms with Crippen molar-refractivity contribution < 1.29 is 28.5 Å². The number of hydrogen-bond acceptors (Lipinski definition) is 6. The Labute approximate surface area is 142 Å². The molecule has 132 valence electrons. The molecule has 1 unspecified atom stereocenters.